The summed E-state index contributed by atoms with van der Waals surface area (Å²) in [6.45, 7) is -1.21. The number of alkyl halides is 2. The molecule has 1 N–H and O–H groups in total. The normalized spacial score (nSPS) is 12.0. The molecule has 0 aliphatic rings. The maximum absolute atomic E-state index is 13.3. The van der Waals surface area contributed by atoms with Crippen LogP contribution in [-0.2, 0) is 5.92 Å². The van der Waals surface area contributed by atoms with Gasteiger partial charge >= 0.3 is 0 Å². The Labute approximate surface area is 127 Å². The van der Waals surface area contributed by atoms with Crippen LogP contribution in [0.15, 0.2) is 47.3 Å². The highest BCUT2D eigenvalue weighted by atomic mass is 79.9. The predicted octanol–water partition coefficient (Wildman–Crippen LogP) is 3.24. The topological polar surface area (TPSA) is 50.4 Å². The first-order valence-electron chi connectivity index (χ1n) is 6.10. The molecule has 1 aromatic carbocycles. The lowest BCUT2D eigenvalue weighted by Crippen LogP contribution is -2.18. The number of rotatable bonds is 3. The highest BCUT2D eigenvalue weighted by Crippen LogP contribution is 2.29. The molecule has 0 aliphatic carbocycles. The van der Waals surface area contributed by atoms with Crippen molar-refractivity contribution >= 4 is 21.6 Å². The van der Waals surface area contributed by atoms with Crippen molar-refractivity contribution in [1.29, 1.82) is 0 Å². The first-order valence-corrected chi connectivity index (χ1v) is 6.89. The minimum atomic E-state index is -3.23. The van der Waals surface area contributed by atoms with E-state index in [0.717, 1.165) is 15.6 Å². The van der Waals surface area contributed by atoms with Crippen molar-refractivity contribution in [3.63, 3.8) is 0 Å². The molecule has 0 amide bonds. The summed E-state index contributed by atoms with van der Waals surface area (Å²) in [7, 11) is 0. The molecule has 7 heteroatoms. The molecule has 2 heterocycles. The molecule has 3 aromatic rings. The van der Waals surface area contributed by atoms with E-state index < -0.39 is 12.5 Å². The Morgan fingerprint density at radius 2 is 1.86 bits per heavy atom. The van der Waals surface area contributed by atoms with Gasteiger partial charge in [-0.05, 0) is 21.5 Å². The average molecular weight is 354 g/mol. The van der Waals surface area contributed by atoms with Gasteiger partial charge in [0.1, 0.15) is 6.61 Å². The van der Waals surface area contributed by atoms with E-state index >= 15 is 0 Å². The lowest BCUT2D eigenvalue weighted by Gasteiger charge is -2.13. The highest BCUT2D eigenvalue weighted by Gasteiger charge is 2.30. The number of aliphatic hydroxyl groups excluding tert-OH is 1. The van der Waals surface area contributed by atoms with Crippen molar-refractivity contribution in [2.45, 2.75) is 5.92 Å². The smallest absolute Gasteiger partial charge is 0.295 e. The second kappa shape index (κ2) is 5.16. The van der Waals surface area contributed by atoms with Crippen molar-refractivity contribution in [1.82, 2.24) is 14.6 Å². The summed E-state index contributed by atoms with van der Waals surface area (Å²) in [5.41, 5.74) is 1.97. The van der Waals surface area contributed by atoms with E-state index in [1.807, 2.05) is 0 Å². The number of hydrogen-bond acceptors (Lipinski definition) is 3. The highest BCUT2D eigenvalue weighted by molar-refractivity contribution is 9.10. The number of benzene rings is 1. The van der Waals surface area contributed by atoms with Crippen LogP contribution in [0.25, 0.3) is 16.8 Å². The number of nitrogens with zero attached hydrogens (tertiary/aromatic N) is 3. The van der Waals surface area contributed by atoms with E-state index in [0.29, 0.717) is 5.65 Å². The molecule has 3 rings (SSSR count). The van der Waals surface area contributed by atoms with Crippen LogP contribution in [0.4, 0.5) is 8.78 Å². The molecule has 0 aliphatic heterocycles. The van der Waals surface area contributed by atoms with Gasteiger partial charge in [-0.25, -0.2) is 9.50 Å². The molecule has 0 fully saturated rings. The van der Waals surface area contributed by atoms with Gasteiger partial charge in [-0.2, -0.15) is 13.9 Å². The lowest BCUT2D eigenvalue weighted by molar-refractivity contribution is -0.0556. The summed E-state index contributed by atoms with van der Waals surface area (Å²) in [6.07, 6.45) is 5.06. The molecule has 0 saturated carbocycles. The Balaban J connectivity index is 1.99. The third kappa shape index (κ3) is 2.54. The van der Waals surface area contributed by atoms with Crippen LogP contribution in [0.3, 0.4) is 0 Å². The first-order chi connectivity index (χ1) is 10.0. The summed E-state index contributed by atoms with van der Waals surface area (Å²) < 4.78 is 29.1. The number of fused-ring (bicyclic) bond motifs is 1. The molecular weight excluding hydrogens is 344 g/mol. The largest absolute Gasteiger partial charge is 0.390 e. The molecule has 4 nitrogen and oxygen atoms in total. The quantitative estimate of drug-likeness (QED) is 0.786. The van der Waals surface area contributed by atoms with Crippen molar-refractivity contribution < 1.29 is 13.9 Å². The molecule has 0 bridgehead atoms. The predicted molar refractivity (Wildman–Crippen MR) is 77.1 cm³/mol. The van der Waals surface area contributed by atoms with Crippen LogP contribution in [0.5, 0.6) is 0 Å². The molecule has 2 aromatic heterocycles. The second-order valence-corrected chi connectivity index (χ2v) is 5.40. The Hall–Kier alpha value is -1.86. The van der Waals surface area contributed by atoms with Crippen LogP contribution in [0, 0.1) is 0 Å². The Morgan fingerprint density at radius 3 is 2.52 bits per heavy atom. The molecule has 21 heavy (non-hydrogen) atoms. The fourth-order valence-corrected chi connectivity index (χ4v) is 2.37. The van der Waals surface area contributed by atoms with Gasteiger partial charge < -0.3 is 5.11 Å². The van der Waals surface area contributed by atoms with E-state index in [-0.39, 0.29) is 5.56 Å². The summed E-state index contributed by atoms with van der Waals surface area (Å²) in [5, 5.41) is 12.8. The van der Waals surface area contributed by atoms with Crippen molar-refractivity contribution in [2.24, 2.45) is 0 Å². The van der Waals surface area contributed by atoms with Gasteiger partial charge in [-0.15, -0.1) is 0 Å². The number of hydrogen-bond donors (Lipinski definition) is 1. The minimum absolute atomic E-state index is 0.218. The second-order valence-electron chi connectivity index (χ2n) is 4.54. The summed E-state index contributed by atoms with van der Waals surface area (Å²) in [5.74, 6) is -3.23. The number of halogens is 3. The van der Waals surface area contributed by atoms with Gasteiger partial charge in [-0.3, -0.25) is 0 Å². The van der Waals surface area contributed by atoms with E-state index in [9.17, 15) is 8.78 Å². The van der Waals surface area contributed by atoms with Crippen LogP contribution in [0.2, 0.25) is 0 Å². The van der Waals surface area contributed by atoms with Gasteiger partial charge in [-0.1, -0.05) is 24.3 Å². The fraction of sp³-hybridized carbons (Fsp3) is 0.143. The third-order valence-corrected chi connectivity index (χ3v) is 3.71. The zero-order valence-corrected chi connectivity index (χ0v) is 12.3. The zero-order valence-electron chi connectivity index (χ0n) is 10.7. The summed E-state index contributed by atoms with van der Waals surface area (Å²) in [6, 6.07) is 5.74. The molecule has 0 spiro atoms. The summed E-state index contributed by atoms with van der Waals surface area (Å²) in [4.78, 5) is 4.27. The van der Waals surface area contributed by atoms with Crippen molar-refractivity contribution in [3.05, 3.63) is 52.9 Å². The van der Waals surface area contributed by atoms with Gasteiger partial charge in [0.15, 0.2) is 5.65 Å². The van der Waals surface area contributed by atoms with Crippen LogP contribution in [-0.4, -0.2) is 26.3 Å². The monoisotopic (exact) mass is 353 g/mol. The maximum atomic E-state index is 13.3. The fourth-order valence-electron chi connectivity index (χ4n) is 1.99. The van der Waals surface area contributed by atoms with Crippen LogP contribution in [0.1, 0.15) is 5.56 Å². The number of aromatic nitrogens is 3. The maximum Gasteiger partial charge on any atom is 0.295 e. The van der Waals surface area contributed by atoms with E-state index in [1.54, 1.807) is 35.2 Å². The SMILES string of the molecule is OCC(F)(F)c1ccc(-c2cnc3c(Br)cnn3c2)cc1. The third-order valence-electron chi connectivity index (χ3n) is 3.15. The Bertz CT molecular complexity index is 787. The Morgan fingerprint density at radius 1 is 1.14 bits per heavy atom. The van der Waals surface area contributed by atoms with Gasteiger partial charge in [0.05, 0.1) is 10.7 Å². The van der Waals surface area contributed by atoms with Gasteiger partial charge in [0.2, 0.25) is 0 Å². The van der Waals surface area contributed by atoms with Crippen LogP contribution < -0.4 is 0 Å². The molecular formula is C14H10BrF2N3O. The van der Waals surface area contributed by atoms with Crippen LogP contribution >= 0.6 is 15.9 Å². The van der Waals surface area contributed by atoms with Crippen molar-refractivity contribution in [2.75, 3.05) is 6.61 Å². The van der Waals surface area contributed by atoms with Crippen molar-refractivity contribution in [3.8, 4) is 11.1 Å². The Kier molecular flexibility index (Phi) is 3.46. The molecule has 108 valence electrons. The minimum Gasteiger partial charge on any atom is -0.390 e. The molecule has 0 unspecified atom stereocenters. The zero-order chi connectivity index (χ0) is 15.0. The number of aliphatic hydroxyl groups is 1. The standard InChI is InChI=1S/C14H10BrF2N3O/c15-12-6-19-20-7-10(5-18-13(12)20)9-1-3-11(4-2-9)14(16,17)8-21/h1-7,21H,8H2. The summed E-state index contributed by atoms with van der Waals surface area (Å²) >= 11 is 3.33. The van der Waals surface area contributed by atoms with E-state index in [2.05, 4.69) is 26.0 Å². The average Bonchev–Trinajstić information content (AvgIpc) is 2.88. The van der Waals surface area contributed by atoms with E-state index in [4.69, 9.17) is 5.11 Å². The van der Waals surface area contributed by atoms with Gasteiger partial charge in [0.25, 0.3) is 5.92 Å². The first kappa shape index (κ1) is 14.1. The van der Waals surface area contributed by atoms with Gasteiger partial charge in [0, 0.05) is 23.5 Å². The molecule has 0 atom stereocenters. The molecule has 0 radical (unpaired) electrons. The van der Waals surface area contributed by atoms with E-state index in [1.165, 1.54) is 12.1 Å². The lowest BCUT2D eigenvalue weighted by atomic mass is 10.0. The molecule has 0 saturated heterocycles.